The van der Waals surface area contributed by atoms with Crippen molar-refractivity contribution in [3.63, 3.8) is 0 Å². The Labute approximate surface area is 148 Å². The number of aromatic hydroxyl groups is 1. The van der Waals surface area contributed by atoms with Gasteiger partial charge in [-0.1, -0.05) is 18.2 Å². The summed E-state index contributed by atoms with van der Waals surface area (Å²) in [4.78, 5) is 24.8. The summed E-state index contributed by atoms with van der Waals surface area (Å²) in [7, 11) is 0. The van der Waals surface area contributed by atoms with Crippen LogP contribution in [0.4, 0.5) is 0 Å². The van der Waals surface area contributed by atoms with Crippen LogP contribution in [0.25, 0.3) is 11.0 Å². The Hall–Kier alpha value is -1.92. The molecule has 0 aliphatic carbocycles. The zero-order chi connectivity index (χ0) is 16.7. The number of phenolic OH excluding ortho intramolecular Hbond substituents is 1. The molecule has 0 unspecified atom stereocenters. The molecule has 6 heteroatoms. The van der Waals surface area contributed by atoms with Crippen LogP contribution in [0.5, 0.6) is 5.75 Å². The minimum absolute atomic E-state index is 0.00499. The fraction of sp³-hybridized carbons (Fsp3) is 0.0588. The van der Waals surface area contributed by atoms with E-state index in [1.165, 1.54) is 19.1 Å². The summed E-state index contributed by atoms with van der Waals surface area (Å²) in [5.74, 6) is -0.620. The molecule has 0 saturated heterocycles. The van der Waals surface area contributed by atoms with Gasteiger partial charge in [0, 0.05) is 17.9 Å². The van der Waals surface area contributed by atoms with Gasteiger partial charge in [0.05, 0.1) is 14.5 Å². The summed E-state index contributed by atoms with van der Waals surface area (Å²) in [6.45, 7) is 1.36. The molecule has 0 spiro atoms. The van der Waals surface area contributed by atoms with Gasteiger partial charge in [-0.15, -0.1) is 0 Å². The number of hydrogen-bond donors (Lipinski definition) is 1. The third-order valence-electron chi connectivity index (χ3n) is 3.42. The second-order valence-corrected chi connectivity index (χ2v) is 6.68. The zero-order valence-electron chi connectivity index (χ0n) is 11.9. The van der Waals surface area contributed by atoms with E-state index in [2.05, 4.69) is 31.9 Å². The number of carbonyl (C=O) groups excluding carboxylic acids is 2. The maximum atomic E-state index is 12.9. The number of para-hydroxylation sites is 1. The van der Waals surface area contributed by atoms with Crippen molar-refractivity contribution < 1.29 is 19.1 Å². The third-order valence-corrected chi connectivity index (χ3v) is 4.63. The van der Waals surface area contributed by atoms with Crippen molar-refractivity contribution in [1.82, 2.24) is 0 Å². The molecule has 0 amide bonds. The van der Waals surface area contributed by atoms with E-state index in [-0.39, 0.29) is 28.6 Å². The second kappa shape index (κ2) is 5.94. The Morgan fingerprint density at radius 2 is 1.70 bits per heavy atom. The van der Waals surface area contributed by atoms with E-state index in [0.29, 0.717) is 25.5 Å². The Balaban J connectivity index is 2.25. The van der Waals surface area contributed by atoms with Crippen molar-refractivity contribution in [2.45, 2.75) is 6.92 Å². The Morgan fingerprint density at radius 1 is 1.09 bits per heavy atom. The Kier molecular flexibility index (Phi) is 4.12. The number of ketones is 2. The van der Waals surface area contributed by atoms with Crippen LogP contribution in [-0.4, -0.2) is 16.7 Å². The predicted molar refractivity (Wildman–Crippen MR) is 93.2 cm³/mol. The highest BCUT2D eigenvalue weighted by Crippen LogP contribution is 2.35. The number of carbonyl (C=O) groups is 2. The van der Waals surface area contributed by atoms with Crippen molar-refractivity contribution in [3.05, 3.63) is 62.2 Å². The van der Waals surface area contributed by atoms with Crippen LogP contribution in [0.2, 0.25) is 0 Å². The Morgan fingerprint density at radius 3 is 2.30 bits per heavy atom. The van der Waals surface area contributed by atoms with Gasteiger partial charge in [0.1, 0.15) is 11.3 Å². The monoisotopic (exact) mass is 436 g/mol. The van der Waals surface area contributed by atoms with E-state index in [1.54, 1.807) is 24.3 Å². The van der Waals surface area contributed by atoms with Crippen LogP contribution >= 0.6 is 31.9 Å². The lowest BCUT2D eigenvalue weighted by molar-refractivity contribution is 0.0969. The maximum absolute atomic E-state index is 12.9. The number of halogens is 2. The first-order valence-electron chi connectivity index (χ1n) is 6.65. The molecule has 0 aliphatic heterocycles. The van der Waals surface area contributed by atoms with Crippen LogP contribution in [0, 0.1) is 0 Å². The van der Waals surface area contributed by atoms with Gasteiger partial charge in [-0.25, -0.2) is 0 Å². The van der Waals surface area contributed by atoms with Crippen molar-refractivity contribution in [2.75, 3.05) is 0 Å². The van der Waals surface area contributed by atoms with E-state index >= 15 is 0 Å². The van der Waals surface area contributed by atoms with Gasteiger partial charge in [0.2, 0.25) is 0 Å². The van der Waals surface area contributed by atoms with Gasteiger partial charge in [0.15, 0.2) is 17.3 Å². The van der Waals surface area contributed by atoms with Crippen LogP contribution in [0.1, 0.15) is 33.4 Å². The molecule has 1 aromatic heterocycles. The summed E-state index contributed by atoms with van der Waals surface area (Å²) >= 11 is 6.41. The summed E-state index contributed by atoms with van der Waals surface area (Å²) in [5.41, 5.74) is 1.05. The van der Waals surface area contributed by atoms with E-state index < -0.39 is 0 Å². The smallest absolute Gasteiger partial charge is 0.197 e. The molecule has 0 bridgehead atoms. The SMILES string of the molecule is CC(=O)c1oc2ccccc2c1C(=O)c1cc(Br)c(O)c(Br)c1. The first-order valence-corrected chi connectivity index (χ1v) is 8.24. The average molecular weight is 438 g/mol. The molecule has 3 rings (SSSR count). The fourth-order valence-electron chi connectivity index (χ4n) is 2.36. The molecule has 0 fully saturated rings. The van der Waals surface area contributed by atoms with Crippen molar-refractivity contribution in [1.29, 1.82) is 0 Å². The molecule has 23 heavy (non-hydrogen) atoms. The third kappa shape index (κ3) is 2.72. The summed E-state index contributed by atoms with van der Waals surface area (Å²) < 4.78 is 6.31. The zero-order valence-corrected chi connectivity index (χ0v) is 15.1. The molecule has 0 aliphatic rings. The van der Waals surface area contributed by atoms with Gasteiger partial charge in [-0.05, 0) is 50.1 Å². The lowest BCUT2D eigenvalue weighted by Gasteiger charge is -2.05. The van der Waals surface area contributed by atoms with Crippen LogP contribution in [0.15, 0.2) is 49.8 Å². The predicted octanol–water partition coefficient (Wildman–Crippen LogP) is 5.10. The molecule has 1 heterocycles. The number of hydrogen-bond acceptors (Lipinski definition) is 4. The molecular weight excluding hydrogens is 428 g/mol. The highest BCUT2D eigenvalue weighted by molar-refractivity contribution is 9.11. The molecule has 3 aromatic rings. The molecule has 0 radical (unpaired) electrons. The van der Waals surface area contributed by atoms with Crippen molar-refractivity contribution >= 4 is 54.4 Å². The highest BCUT2D eigenvalue weighted by atomic mass is 79.9. The summed E-state index contributed by atoms with van der Waals surface area (Å²) in [6.07, 6.45) is 0. The topological polar surface area (TPSA) is 67.5 Å². The summed E-state index contributed by atoms with van der Waals surface area (Å²) in [5, 5.41) is 10.4. The van der Waals surface area contributed by atoms with Crippen LogP contribution < -0.4 is 0 Å². The van der Waals surface area contributed by atoms with E-state index in [1.807, 2.05) is 0 Å². The Bertz CT molecular complexity index is 933. The first-order chi connectivity index (χ1) is 10.9. The van der Waals surface area contributed by atoms with Gasteiger partial charge >= 0.3 is 0 Å². The van der Waals surface area contributed by atoms with Crippen LogP contribution in [0.3, 0.4) is 0 Å². The molecule has 116 valence electrons. The molecule has 2 aromatic carbocycles. The number of fused-ring (bicyclic) bond motifs is 1. The molecule has 1 N–H and O–H groups in total. The lowest BCUT2D eigenvalue weighted by atomic mass is 9.99. The van der Waals surface area contributed by atoms with Gasteiger partial charge in [0.25, 0.3) is 0 Å². The summed E-state index contributed by atoms with van der Waals surface area (Å²) in [6, 6.07) is 10.0. The van der Waals surface area contributed by atoms with Gasteiger partial charge in [-0.3, -0.25) is 9.59 Å². The standard InChI is InChI=1S/C17H10Br2O4/c1-8(20)17-14(10-4-2-3-5-13(10)23-17)15(21)9-6-11(18)16(22)12(19)7-9/h2-7,22H,1H3. The van der Waals surface area contributed by atoms with E-state index in [9.17, 15) is 14.7 Å². The fourth-order valence-corrected chi connectivity index (χ4v) is 3.55. The van der Waals surface area contributed by atoms with Crippen molar-refractivity contribution in [3.8, 4) is 5.75 Å². The van der Waals surface area contributed by atoms with Gasteiger partial charge in [-0.2, -0.15) is 0 Å². The van der Waals surface area contributed by atoms with E-state index in [4.69, 9.17) is 4.42 Å². The average Bonchev–Trinajstić information content (AvgIpc) is 2.91. The van der Waals surface area contributed by atoms with E-state index in [0.717, 1.165) is 0 Å². The highest BCUT2D eigenvalue weighted by Gasteiger charge is 2.25. The van der Waals surface area contributed by atoms with Gasteiger partial charge < -0.3 is 9.52 Å². The molecule has 4 nitrogen and oxygen atoms in total. The number of benzene rings is 2. The number of furan rings is 1. The normalized spacial score (nSPS) is 10.9. The minimum Gasteiger partial charge on any atom is -0.506 e. The molecule has 0 saturated carbocycles. The maximum Gasteiger partial charge on any atom is 0.197 e. The molecular formula is C17H10Br2O4. The van der Waals surface area contributed by atoms with Crippen LogP contribution in [-0.2, 0) is 0 Å². The lowest BCUT2D eigenvalue weighted by Crippen LogP contribution is -2.06. The minimum atomic E-state index is -0.346. The quantitative estimate of drug-likeness (QED) is 0.579. The number of Topliss-reactive ketones (excluding diaryl/α,β-unsaturated/α-hetero) is 1. The number of rotatable bonds is 3. The van der Waals surface area contributed by atoms with Crippen molar-refractivity contribution in [2.24, 2.45) is 0 Å². The first kappa shape index (κ1) is 16.0. The largest absolute Gasteiger partial charge is 0.506 e. The molecule has 0 atom stereocenters. The second-order valence-electron chi connectivity index (χ2n) is 4.98. The number of phenols is 1.